The molecule has 1 unspecified atom stereocenters. The van der Waals surface area contributed by atoms with E-state index in [1.54, 1.807) is 24.0 Å². The molecule has 1 rings (SSSR count). The van der Waals surface area contributed by atoms with Crippen LogP contribution in [0.3, 0.4) is 0 Å². The van der Waals surface area contributed by atoms with Gasteiger partial charge < -0.3 is 19.6 Å². The van der Waals surface area contributed by atoms with Crippen molar-refractivity contribution in [1.82, 2.24) is 9.80 Å². The number of carbonyl (C=O) groups excluding carboxylic acids is 1. The standard InChI is InChI=1S/C12H22N2O4/c1-13(6-7-18-2)12(17)14-5-3-4-10(9-14)8-11(15)16/h10H,3-9H2,1-2H3,(H,15,16). The first kappa shape index (κ1) is 14.8. The molecule has 0 aromatic heterocycles. The number of carboxylic acid groups (broad SMARTS) is 1. The van der Waals surface area contributed by atoms with Crippen molar-refractivity contribution in [1.29, 1.82) is 0 Å². The van der Waals surface area contributed by atoms with Crippen molar-refractivity contribution in [2.45, 2.75) is 19.3 Å². The number of methoxy groups -OCH3 is 1. The highest BCUT2D eigenvalue weighted by atomic mass is 16.5. The molecule has 0 spiro atoms. The monoisotopic (exact) mass is 258 g/mol. The third kappa shape index (κ3) is 4.52. The predicted octanol–water partition coefficient (Wildman–Crippen LogP) is 0.871. The maximum Gasteiger partial charge on any atom is 0.319 e. The van der Waals surface area contributed by atoms with Gasteiger partial charge in [0.2, 0.25) is 0 Å². The van der Waals surface area contributed by atoms with Gasteiger partial charge in [-0.05, 0) is 18.8 Å². The van der Waals surface area contributed by atoms with Gasteiger partial charge in [-0.15, -0.1) is 0 Å². The van der Waals surface area contributed by atoms with E-state index in [-0.39, 0.29) is 18.4 Å². The minimum absolute atomic E-state index is 0.0397. The van der Waals surface area contributed by atoms with E-state index in [1.807, 2.05) is 0 Å². The van der Waals surface area contributed by atoms with Crippen LogP contribution < -0.4 is 0 Å². The lowest BCUT2D eigenvalue weighted by molar-refractivity contribution is -0.138. The molecule has 18 heavy (non-hydrogen) atoms. The molecule has 0 aliphatic carbocycles. The number of likely N-dealkylation sites (N-methyl/N-ethyl adjacent to an activating group) is 1. The van der Waals surface area contributed by atoms with Crippen LogP contribution in [0.1, 0.15) is 19.3 Å². The van der Waals surface area contributed by atoms with Crippen LogP contribution in [0.15, 0.2) is 0 Å². The Bertz CT molecular complexity index is 296. The van der Waals surface area contributed by atoms with Gasteiger partial charge in [-0.25, -0.2) is 4.79 Å². The van der Waals surface area contributed by atoms with Crippen molar-refractivity contribution < 1.29 is 19.4 Å². The van der Waals surface area contributed by atoms with Gasteiger partial charge in [0.15, 0.2) is 0 Å². The third-order valence-electron chi connectivity index (χ3n) is 3.21. The van der Waals surface area contributed by atoms with Gasteiger partial charge in [-0.2, -0.15) is 0 Å². The molecular weight excluding hydrogens is 236 g/mol. The summed E-state index contributed by atoms with van der Waals surface area (Å²) < 4.78 is 4.93. The number of aliphatic carboxylic acids is 1. The summed E-state index contributed by atoms with van der Waals surface area (Å²) in [6.45, 7) is 2.32. The molecule has 1 atom stereocenters. The predicted molar refractivity (Wildman–Crippen MR) is 66.5 cm³/mol. The maximum absolute atomic E-state index is 12.1. The Kier molecular flexibility index (Phi) is 5.91. The van der Waals surface area contributed by atoms with Crippen LogP contribution in [0.25, 0.3) is 0 Å². The Morgan fingerprint density at radius 2 is 2.22 bits per heavy atom. The Balaban J connectivity index is 2.44. The molecule has 1 fully saturated rings. The van der Waals surface area contributed by atoms with Crippen LogP contribution >= 0.6 is 0 Å². The Labute approximate surface area is 107 Å². The minimum atomic E-state index is -0.790. The topological polar surface area (TPSA) is 70.1 Å². The molecule has 2 amide bonds. The fourth-order valence-electron chi connectivity index (χ4n) is 2.22. The minimum Gasteiger partial charge on any atom is -0.481 e. The molecule has 1 aliphatic rings. The zero-order chi connectivity index (χ0) is 13.5. The van der Waals surface area contributed by atoms with Crippen LogP contribution in [0.4, 0.5) is 4.79 Å². The number of rotatable bonds is 5. The third-order valence-corrected chi connectivity index (χ3v) is 3.21. The fraction of sp³-hybridized carbons (Fsp3) is 0.833. The van der Waals surface area contributed by atoms with E-state index >= 15 is 0 Å². The maximum atomic E-state index is 12.1. The number of ether oxygens (including phenoxy) is 1. The van der Waals surface area contributed by atoms with Crippen LogP contribution in [0.5, 0.6) is 0 Å². The molecule has 1 heterocycles. The number of likely N-dealkylation sites (tertiary alicyclic amines) is 1. The Morgan fingerprint density at radius 1 is 1.50 bits per heavy atom. The molecule has 0 aromatic rings. The normalized spacial score (nSPS) is 19.7. The lowest BCUT2D eigenvalue weighted by Crippen LogP contribution is -2.47. The van der Waals surface area contributed by atoms with Crippen molar-refractivity contribution in [3.05, 3.63) is 0 Å². The zero-order valence-electron chi connectivity index (χ0n) is 11.1. The Morgan fingerprint density at radius 3 is 2.83 bits per heavy atom. The van der Waals surface area contributed by atoms with Gasteiger partial charge in [0, 0.05) is 40.2 Å². The van der Waals surface area contributed by atoms with Crippen LogP contribution in [-0.4, -0.2) is 67.3 Å². The number of amides is 2. The van der Waals surface area contributed by atoms with Gasteiger partial charge >= 0.3 is 12.0 Å². The smallest absolute Gasteiger partial charge is 0.319 e. The average molecular weight is 258 g/mol. The molecular formula is C12H22N2O4. The van der Waals surface area contributed by atoms with E-state index < -0.39 is 5.97 Å². The van der Waals surface area contributed by atoms with E-state index in [2.05, 4.69) is 0 Å². The van der Waals surface area contributed by atoms with E-state index in [0.717, 1.165) is 12.8 Å². The van der Waals surface area contributed by atoms with Gasteiger partial charge in [0.25, 0.3) is 0 Å². The molecule has 1 aliphatic heterocycles. The molecule has 6 heteroatoms. The lowest BCUT2D eigenvalue weighted by atomic mass is 9.95. The molecule has 0 saturated carbocycles. The van der Waals surface area contributed by atoms with Crippen LogP contribution in [0.2, 0.25) is 0 Å². The summed E-state index contributed by atoms with van der Waals surface area (Å²) in [5.41, 5.74) is 0. The van der Waals surface area contributed by atoms with Crippen molar-refractivity contribution in [2.75, 3.05) is 40.4 Å². The molecule has 104 valence electrons. The van der Waals surface area contributed by atoms with Gasteiger partial charge in [-0.1, -0.05) is 0 Å². The highest BCUT2D eigenvalue weighted by molar-refractivity contribution is 5.74. The number of carboxylic acids is 1. The highest BCUT2D eigenvalue weighted by Crippen LogP contribution is 2.20. The zero-order valence-corrected chi connectivity index (χ0v) is 11.1. The molecule has 1 saturated heterocycles. The van der Waals surface area contributed by atoms with Crippen LogP contribution in [-0.2, 0) is 9.53 Å². The van der Waals surface area contributed by atoms with Crippen molar-refractivity contribution in [2.24, 2.45) is 5.92 Å². The number of piperidine rings is 1. The number of carbonyl (C=O) groups is 2. The van der Waals surface area contributed by atoms with Gasteiger partial charge in [-0.3, -0.25) is 4.79 Å². The second-order valence-electron chi connectivity index (χ2n) is 4.75. The lowest BCUT2D eigenvalue weighted by Gasteiger charge is -2.34. The second kappa shape index (κ2) is 7.20. The first-order valence-electron chi connectivity index (χ1n) is 6.25. The van der Waals surface area contributed by atoms with Gasteiger partial charge in [0.05, 0.1) is 6.61 Å². The average Bonchev–Trinajstić information content (AvgIpc) is 2.34. The van der Waals surface area contributed by atoms with E-state index in [9.17, 15) is 9.59 Å². The van der Waals surface area contributed by atoms with E-state index in [4.69, 9.17) is 9.84 Å². The molecule has 6 nitrogen and oxygen atoms in total. The van der Waals surface area contributed by atoms with E-state index in [0.29, 0.717) is 26.2 Å². The molecule has 0 aromatic carbocycles. The second-order valence-corrected chi connectivity index (χ2v) is 4.75. The molecule has 0 bridgehead atoms. The fourth-order valence-corrected chi connectivity index (χ4v) is 2.22. The number of hydrogen-bond acceptors (Lipinski definition) is 3. The number of urea groups is 1. The SMILES string of the molecule is COCCN(C)C(=O)N1CCCC(CC(=O)O)C1. The first-order valence-corrected chi connectivity index (χ1v) is 6.25. The summed E-state index contributed by atoms with van der Waals surface area (Å²) in [6, 6.07) is -0.0397. The summed E-state index contributed by atoms with van der Waals surface area (Å²) >= 11 is 0. The van der Waals surface area contributed by atoms with Crippen LogP contribution in [0, 0.1) is 5.92 Å². The summed E-state index contributed by atoms with van der Waals surface area (Å²) in [5, 5.41) is 8.79. The van der Waals surface area contributed by atoms with Crippen molar-refractivity contribution in [3.63, 3.8) is 0 Å². The molecule has 1 N–H and O–H groups in total. The van der Waals surface area contributed by atoms with E-state index in [1.165, 1.54) is 0 Å². The summed E-state index contributed by atoms with van der Waals surface area (Å²) in [6.07, 6.45) is 1.91. The highest BCUT2D eigenvalue weighted by Gasteiger charge is 2.26. The number of hydrogen-bond donors (Lipinski definition) is 1. The van der Waals surface area contributed by atoms with Crippen molar-refractivity contribution in [3.8, 4) is 0 Å². The summed E-state index contributed by atoms with van der Waals surface area (Å²) in [4.78, 5) is 26.1. The first-order chi connectivity index (χ1) is 8.54. The Hall–Kier alpha value is -1.30. The summed E-state index contributed by atoms with van der Waals surface area (Å²) in [7, 11) is 3.34. The quantitative estimate of drug-likeness (QED) is 0.794. The summed E-state index contributed by atoms with van der Waals surface area (Å²) in [5.74, 6) is -0.710. The van der Waals surface area contributed by atoms with Crippen molar-refractivity contribution >= 4 is 12.0 Å². The number of nitrogens with zero attached hydrogens (tertiary/aromatic N) is 2. The largest absolute Gasteiger partial charge is 0.481 e. The molecule has 0 radical (unpaired) electrons. The van der Waals surface area contributed by atoms with Gasteiger partial charge in [0.1, 0.15) is 0 Å².